The van der Waals surface area contributed by atoms with Crippen LogP contribution in [0.15, 0.2) is 54.6 Å². The van der Waals surface area contributed by atoms with Crippen molar-refractivity contribution in [2.75, 3.05) is 38.2 Å². The van der Waals surface area contributed by atoms with Gasteiger partial charge >= 0.3 is 12.0 Å². The van der Waals surface area contributed by atoms with Gasteiger partial charge in [-0.2, -0.15) is 0 Å². The number of carbonyl (C=O) groups is 2. The predicted molar refractivity (Wildman–Crippen MR) is 107 cm³/mol. The van der Waals surface area contributed by atoms with Gasteiger partial charge in [-0.15, -0.1) is 12.4 Å². The van der Waals surface area contributed by atoms with Crippen LogP contribution in [0, 0.1) is 0 Å². The molecule has 1 aliphatic rings. The molecule has 1 fully saturated rings. The Kier molecular flexibility index (Phi) is 7.64. The number of esters is 1. The van der Waals surface area contributed by atoms with Crippen LogP contribution in [0.1, 0.15) is 15.9 Å². The zero-order valence-electron chi connectivity index (χ0n) is 15.3. The van der Waals surface area contributed by atoms with Crippen LogP contribution in [0.25, 0.3) is 0 Å². The number of carbonyl (C=O) groups excluding carboxylic acids is 2. The molecule has 6 nitrogen and oxygen atoms in total. The van der Waals surface area contributed by atoms with Crippen molar-refractivity contribution < 1.29 is 14.3 Å². The van der Waals surface area contributed by atoms with Gasteiger partial charge in [0.15, 0.2) is 0 Å². The van der Waals surface area contributed by atoms with Crippen LogP contribution in [0.2, 0.25) is 0 Å². The van der Waals surface area contributed by atoms with Gasteiger partial charge in [0.25, 0.3) is 0 Å². The van der Waals surface area contributed by atoms with E-state index in [9.17, 15) is 9.59 Å². The number of urea groups is 1. The summed E-state index contributed by atoms with van der Waals surface area (Å²) in [5.41, 5.74) is 2.30. The molecule has 0 aromatic heterocycles. The quantitative estimate of drug-likeness (QED) is 0.817. The molecule has 0 radical (unpaired) electrons. The number of hydrogen-bond acceptors (Lipinski definition) is 4. The van der Waals surface area contributed by atoms with Crippen molar-refractivity contribution in [3.8, 4) is 0 Å². The molecule has 3 rings (SSSR count). The molecule has 1 saturated heterocycles. The molecule has 1 aliphatic heterocycles. The Hall–Kier alpha value is -2.57. The number of amides is 2. The molecule has 1 heterocycles. The van der Waals surface area contributed by atoms with Crippen molar-refractivity contribution in [2.24, 2.45) is 0 Å². The topological polar surface area (TPSA) is 61.9 Å². The number of nitrogens with one attached hydrogen (secondary N) is 1. The van der Waals surface area contributed by atoms with E-state index in [0.717, 1.165) is 24.3 Å². The molecule has 144 valence electrons. The molecule has 2 aromatic rings. The lowest BCUT2D eigenvalue weighted by molar-refractivity contribution is 0.0600. The SMILES string of the molecule is COC(=O)c1ccc(CN(C(=O)N2CCNCC2)c2ccccc2)cc1.Cl. The number of methoxy groups -OCH3 is 1. The van der Waals surface area contributed by atoms with Crippen LogP contribution in [0.4, 0.5) is 10.5 Å². The number of ether oxygens (including phenoxy) is 1. The monoisotopic (exact) mass is 389 g/mol. The van der Waals surface area contributed by atoms with Crippen LogP contribution >= 0.6 is 12.4 Å². The molecule has 0 spiro atoms. The minimum absolute atomic E-state index is 0. The fourth-order valence-corrected chi connectivity index (χ4v) is 2.95. The Bertz CT molecular complexity index is 747. The van der Waals surface area contributed by atoms with Crippen molar-refractivity contribution >= 4 is 30.1 Å². The average Bonchev–Trinajstić information content (AvgIpc) is 2.72. The van der Waals surface area contributed by atoms with E-state index < -0.39 is 0 Å². The number of rotatable bonds is 4. The second-order valence-electron chi connectivity index (χ2n) is 6.13. The molecule has 2 aromatic carbocycles. The van der Waals surface area contributed by atoms with Crippen molar-refractivity contribution in [3.63, 3.8) is 0 Å². The molecular formula is C20H24ClN3O3. The minimum atomic E-state index is -0.367. The van der Waals surface area contributed by atoms with Crippen molar-refractivity contribution in [3.05, 3.63) is 65.7 Å². The van der Waals surface area contributed by atoms with Gasteiger partial charge in [0.1, 0.15) is 0 Å². The molecule has 2 amide bonds. The van der Waals surface area contributed by atoms with Gasteiger partial charge in [-0.05, 0) is 29.8 Å². The number of hydrogen-bond donors (Lipinski definition) is 1. The lowest BCUT2D eigenvalue weighted by atomic mass is 10.1. The van der Waals surface area contributed by atoms with Crippen LogP contribution in [-0.2, 0) is 11.3 Å². The third kappa shape index (κ3) is 5.21. The lowest BCUT2D eigenvalue weighted by Crippen LogP contribution is -2.51. The van der Waals surface area contributed by atoms with E-state index in [1.807, 2.05) is 47.4 Å². The van der Waals surface area contributed by atoms with E-state index in [1.165, 1.54) is 7.11 Å². The summed E-state index contributed by atoms with van der Waals surface area (Å²) in [5, 5.41) is 3.26. The summed E-state index contributed by atoms with van der Waals surface area (Å²) < 4.78 is 4.73. The summed E-state index contributed by atoms with van der Waals surface area (Å²) in [6.45, 7) is 3.45. The third-order valence-electron chi connectivity index (χ3n) is 4.40. The molecule has 27 heavy (non-hydrogen) atoms. The van der Waals surface area contributed by atoms with E-state index in [-0.39, 0.29) is 24.4 Å². The van der Waals surface area contributed by atoms with Gasteiger partial charge in [0.2, 0.25) is 0 Å². The smallest absolute Gasteiger partial charge is 0.337 e. The molecular weight excluding hydrogens is 366 g/mol. The largest absolute Gasteiger partial charge is 0.465 e. The molecule has 1 N–H and O–H groups in total. The first-order valence-electron chi connectivity index (χ1n) is 8.68. The van der Waals surface area contributed by atoms with E-state index in [4.69, 9.17) is 4.74 Å². The Labute approximate surface area is 165 Å². The first-order valence-corrected chi connectivity index (χ1v) is 8.68. The van der Waals surface area contributed by atoms with Crippen LogP contribution in [0.3, 0.4) is 0 Å². The number of para-hydroxylation sites is 1. The zero-order chi connectivity index (χ0) is 18.4. The first-order chi connectivity index (χ1) is 12.7. The van der Waals surface area contributed by atoms with Crippen molar-refractivity contribution in [2.45, 2.75) is 6.54 Å². The van der Waals surface area contributed by atoms with Gasteiger partial charge in [-0.1, -0.05) is 30.3 Å². The standard InChI is InChI=1S/C20H23N3O3.ClH/c1-26-19(24)17-9-7-16(8-10-17)15-23(18-5-3-2-4-6-18)20(25)22-13-11-21-12-14-22;/h2-10,21H,11-15H2,1H3;1H. The highest BCUT2D eigenvalue weighted by Gasteiger charge is 2.24. The molecule has 0 atom stereocenters. The van der Waals surface area contributed by atoms with Gasteiger partial charge in [0, 0.05) is 31.9 Å². The van der Waals surface area contributed by atoms with Crippen molar-refractivity contribution in [1.29, 1.82) is 0 Å². The first kappa shape index (κ1) is 20.7. The van der Waals surface area contributed by atoms with E-state index in [0.29, 0.717) is 25.2 Å². The lowest BCUT2D eigenvalue weighted by Gasteiger charge is -2.33. The Morgan fingerprint density at radius 1 is 1.04 bits per heavy atom. The highest BCUT2D eigenvalue weighted by Crippen LogP contribution is 2.20. The van der Waals surface area contributed by atoms with Gasteiger partial charge in [0.05, 0.1) is 19.2 Å². The highest BCUT2D eigenvalue weighted by molar-refractivity contribution is 5.92. The van der Waals surface area contributed by atoms with Crippen LogP contribution in [-0.4, -0.2) is 50.2 Å². The second-order valence-corrected chi connectivity index (χ2v) is 6.13. The summed E-state index contributed by atoms with van der Waals surface area (Å²) in [5.74, 6) is -0.367. The molecule has 0 aliphatic carbocycles. The highest BCUT2D eigenvalue weighted by atomic mass is 35.5. The predicted octanol–water partition coefficient (Wildman–Crippen LogP) is 2.93. The number of anilines is 1. The van der Waals surface area contributed by atoms with Gasteiger partial charge in [-0.3, -0.25) is 4.90 Å². The summed E-state index contributed by atoms with van der Waals surface area (Å²) in [4.78, 5) is 28.3. The maximum absolute atomic E-state index is 13.1. The minimum Gasteiger partial charge on any atom is -0.465 e. The summed E-state index contributed by atoms with van der Waals surface area (Å²) in [7, 11) is 1.36. The Morgan fingerprint density at radius 3 is 2.26 bits per heavy atom. The Morgan fingerprint density at radius 2 is 1.67 bits per heavy atom. The maximum atomic E-state index is 13.1. The molecule has 0 unspecified atom stereocenters. The van der Waals surface area contributed by atoms with E-state index in [2.05, 4.69) is 5.32 Å². The fourth-order valence-electron chi connectivity index (χ4n) is 2.95. The van der Waals surface area contributed by atoms with Gasteiger partial charge in [-0.25, -0.2) is 9.59 Å². The second kappa shape index (κ2) is 9.94. The Balaban J connectivity index is 0.00000261. The zero-order valence-corrected chi connectivity index (χ0v) is 16.1. The maximum Gasteiger partial charge on any atom is 0.337 e. The number of benzene rings is 2. The molecule has 7 heteroatoms. The van der Waals surface area contributed by atoms with Crippen LogP contribution < -0.4 is 10.2 Å². The third-order valence-corrected chi connectivity index (χ3v) is 4.40. The summed E-state index contributed by atoms with van der Waals surface area (Å²) in [6, 6.07) is 16.8. The number of piperazine rings is 1. The molecule has 0 bridgehead atoms. The van der Waals surface area contributed by atoms with Crippen molar-refractivity contribution in [1.82, 2.24) is 10.2 Å². The normalized spacial score (nSPS) is 13.4. The molecule has 0 saturated carbocycles. The fraction of sp³-hybridized carbons (Fsp3) is 0.300. The van der Waals surface area contributed by atoms with Gasteiger partial charge < -0.3 is 15.0 Å². The summed E-state index contributed by atoms with van der Waals surface area (Å²) in [6.07, 6.45) is 0. The van der Waals surface area contributed by atoms with E-state index in [1.54, 1.807) is 17.0 Å². The van der Waals surface area contributed by atoms with Crippen LogP contribution in [0.5, 0.6) is 0 Å². The summed E-state index contributed by atoms with van der Waals surface area (Å²) >= 11 is 0. The average molecular weight is 390 g/mol. The van der Waals surface area contributed by atoms with E-state index >= 15 is 0 Å². The number of halogens is 1. The number of nitrogens with zero attached hydrogens (tertiary/aromatic N) is 2.